The SMILES string of the molecule is CNCCC(OCc1cccc(NC(=O)c2ccccc2)c1)c1cccs1. The van der Waals surface area contributed by atoms with Gasteiger partial charge in [-0.1, -0.05) is 36.4 Å². The Morgan fingerprint density at radius 2 is 1.93 bits per heavy atom. The van der Waals surface area contributed by atoms with Gasteiger partial charge in [-0.05, 0) is 61.3 Å². The smallest absolute Gasteiger partial charge is 0.255 e. The molecule has 0 radical (unpaired) electrons. The van der Waals surface area contributed by atoms with E-state index in [9.17, 15) is 4.79 Å². The summed E-state index contributed by atoms with van der Waals surface area (Å²) in [6.07, 6.45) is 0.988. The summed E-state index contributed by atoms with van der Waals surface area (Å²) in [6.45, 7) is 1.40. The number of hydrogen-bond donors (Lipinski definition) is 2. The van der Waals surface area contributed by atoms with Gasteiger partial charge in [0.05, 0.1) is 12.7 Å². The lowest BCUT2D eigenvalue weighted by Gasteiger charge is -2.17. The van der Waals surface area contributed by atoms with Crippen LogP contribution < -0.4 is 10.6 Å². The Balaban J connectivity index is 1.62. The van der Waals surface area contributed by atoms with Crippen molar-refractivity contribution in [3.63, 3.8) is 0 Å². The summed E-state index contributed by atoms with van der Waals surface area (Å²) in [5.74, 6) is -0.112. The summed E-state index contributed by atoms with van der Waals surface area (Å²) in [7, 11) is 1.95. The van der Waals surface area contributed by atoms with E-state index in [0.29, 0.717) is 12.2 Å². The van der Waals surface area contributed by atoms with Crippen molar-refractivity contribution in [3.05, 3.63) is 88.1 Å². The highest BCUT2D eigenvalue weighted by atomic mass is 32.1. The van der Waals surface area contributed by atoms with Crippen molar-refractivity contribution in [3.8, 4) is 0 Å². The highest BCUT2D eigenvalue weighted by Crippen LogP contribution is 2.27. The minimum atomic E-state index is -0.112. The normalized spacial score (nSPS) is 11.9. The third-order valence-electron chi connectivity index (χ3n) is 4.19. The molecule has 0 aliphatic carbocycles. The maximum Gasteiger partial charge on any atom is 0.255 e. The largest absolute Gasteiger partial charge is 0.368 e. The van der Waals surface area contributed by atoms with Crippen LogP contribution >= 0.6 is 11.3 Å². The number of benzene rings is 2. The summed E-state index contributed by atoms with van der Waals surface area (Å²) >= 11 is 1.72. The van der Waals surface area contributed by atoms with E-state index < -0.39 is 0 Å². The molecule has 2 N–H and O–H groups in total. The van der Waals surface area contributed by atoms with Gasteiger partial charge in [0.1, 0.15) is 0 Å². The highest BCUT2D eigenvalue weighted by molar-refractivity contribution is 7.10. The minimum absolute atomic E-state index is 0.0695. The van der Waals surface area contributed by atoms with Crippen molar-refractivity contribution in [2.75, 3.05) is 18.9 Å². The molecule has 0 bridgehead atoms. The van der Waals surface area contributed by atoms with Crippen molar-refractivity contribution in [2.24, 2.45) is 0 Å². The van der Waals surface area contributed by atoms with Gasteiger partial charge in [-0.15, -0.1) is 11.3 Å². The van der Waals surface area contributed by atoms with Gasteiger partial charge in [-0.3, -0.25) is 4.79 Å². The molecule has 140 valence electrons. The van der Waals surface area contributed by atoms with E-state index in [1.807, 2.05) is 49.5 Å². The molecule has 0 aliphatic heterocycles. The standard InChI is InChI=1S/C22H24N2O2S/c1-23-13-12-20(21-11-6-14-27-21)26-16-17-7-5-10-19(15-17)24-22(25)18-8-3-2-4-9-18/h2-11,14-15,20,23H,12-13,16H2,1H3,(H,24,25). The number of rotatable bonds is 9. The molecule has 5 heteroatoms. The van der Waals surface area contributed by atoms with Crippen LogP contribution in [0.5, 0.6) is 0 Å². The second kappa shape index (κ2) is 10.0. The van der Waals surface area contributed by atoms with Crippen molar-refractivity contribution in [1.29, 1.82) is 0 Å². The van der Waals surface area contributed by atoms with Gasteiger partial charge in [0.25, 0.3) is 5.91 Å². The fraction of sp³-hybridized carbons (Fsp3) is 0.227. The Morgan fingerprint density at radius 1 is 1.07 bits per heavy atom. The number of hydrogen-bond acceptors (Lipinski definition) is 4. The van der Waals surface area contributed by atoms with Crippen molar-refractivity contribution in [1.82, 2.24) is 5.32 Å². The zero-order valence-corrected chi connectivity index (χ0v) is 16.2. The van der Waals surface area contributed by atoms with Crippen LogP contribution in [-0.4, -0.2) is 19.5 Å². The molecule has 0 spiro atoms. The zero-order valence-electron chi connectivity index (χ0n) is 15.4. The van der Waals surface area contributed by atoms with E-state index in [1.165, 1.54) is 4.88 Å². The molecule has 1 heterocycles. The Morgan fingerprint density at radius 3 is 2.67 bits per heavy atom. The third-order valence-corrected chi connectivity index (χ3v) is 5.15. The summed E-state index contributed by atoms with van der Waals surface area (Å²) in [4.78, 5) is 13.6. The first kappa shape index (κ1) is 19.3. The Bertz CT molecular complexity index is 835. The van der Waals surface area contributed by atoms with Gasteiger partial charge >= 0.3 is 0 Å². The molecule has 0 fully saturated rings. The van der Waals surface area contributed by atoms with E-state index in [-0.39, 0.29) is 12.0 Å². The van der Waals surface area contributed by atoms with E-state index in [2.05, 4.69) is 28.1 Å². The molecule has 1 unspecified atom stereocenters. The molecule has 1 aromatic heterocycles. The molecule has 3 rings (SSSR count). The van der Waals surface area contributed by atoms with E-state index in [0.717, 1.165) is 24.2 Å². The molecule has 2 aromatic carbocycles. The predicted octanol–water partition coefficient (Wildman–Crippen LogP) is 4.87. The third kappa shape index (κ3) is 5.76. The number of ether oxygens (including phenoxy) is 1. The number of anilines is 1. The molecule has 27 heavy (non-hydrogen) atoms. The second-order valence-corrected chi connectivity index (χ2v) is 7.21. The van der Waals surface area contributed by atoms with Crippen molar-refractivity contribution >= 4 is 22.9 Å². The van der Waals surface area contributed by atoms with Gasteiger partial charge < -0.3 is 15.4 Å². The van der Waals surface area contributed by atoms with Crippen LogP contribution in [0.25, 0.3) is 0 Å². The number of thiophene rings is 1. The van der Waals surface area contributed by atoms with Crippen LogP contribution in [0.3, 0.4) is 0 Å². The van der Waals surface area contributed by atoms with Gasteiger partial charge in [-0.25, -0.2) is 0 Å². The minimum Gasteiger partial charge on any atom is -0.368 e. The van der Waals surface area contributed by atoms with Crippen LogP contribution in [0.4, 0.5) is 5.69 Å². The van der Waals surface area contributed by atoms with Crippen LogP contribution in [0.15, 0.2) is 72.1 Å². The average molecular weight is 381 g/mol. The first-order valence-electron chi connectivity index (χ1n) is 9.01. The lowest BCUT2D eigenvalue weighted by atomic mass is 10.1. The summed E-state index contributed by atoms with van der Waals surface area (Å²) in [6, 6.07) is 21.2. The van der Waals surface area contributed by atoms with E-state index in [4.69, 9.17) is 4.74 Å². The zero-order chi connectivity index (χ0) is 18.9. The lowest BCUT2D eigenvalue weighted by molar-refractivity contribution is 0.0368. The summed E-state index contributed by atoms with van der Waals surface area (Å²) < 4.78 is 6.18. The average Bonchev–Trinajstić information content (AvgIpc) is 3.24. The van der Waals surface area contributed by atoms with Gasteiger partial charge in [-0.2, -0.15) is 0 Å². The quantitative estimate of drug-likeness (QED) is 0.557. The summed E-state index contributed by atoms with van der Waals surface area (Å²) in [5.41, 5.74) is 2.45. The molecule has 1 atom stereocenters. The monoisotopic (exact) mass is 380 g/mol. The highest BCUT2D eigenvalue weighted by Gasteiger charge is 2.13. The molecule has 4 nitrogen and oxygen atoms in total. The fourth-order valence-electron chi connectivity index (χ4n) is 2.79. The topological polar surface area (TPSA) is 50.4 Å². The van der Waals surface area contributed by atoms with Crippen LogP contribution in [0.1, 0.15) is 33.3 Å². The van der Waals surface area contributed by atoms with Gasteiger partial charge in [0.15, 0.2) is 0 Å². The van der Waals surface area contributed by atoms with Crippen LogP contribution in [-0.2, 0) is 11.3 Å². The van der Waals surface area contributed by atoms with Crippen LogP contribution in [0, 0.1) is 0 Å². The Kier molecular flexibility index (Phi) is 7.16. The number of nitrogens with one attached hydrogen (secondary N) is 2. The first-order valence-corrected chi connectivity index (χ1v) is 9.89. The number of amides is 1. The molecule has 0 saturated heterocycles. The lowest BCUT2D eigenvalue weighted by Crippen LogP contribution is -2.14. The molecule has 0 aliphatic rings. The molecular weight excluding hydrogens is 356 g/mol. The Labute approximate surface area is 164 Å². The van der Waals surface area contributed by atoms with Crippen LogP contribution in [0.2, 0.25) is 0 Å². The predicted molar refractivity (Wildman–Crippen MR) is 111 cm³/mol. The molecule has 3 aromatic rings. The maximum atomic E-state index is 12.3. The second-order valence-electron chi connectivity index (χ2n) is 6.23. The number of carbonyl (C=O) groups is 1. The number of carbonyl (C=O) groups excluding carboxylic acids is 1. The maximum absolute atomic E-state index is 12.3. The fourth-order valence-corrected chi connectivity index (χ4v) is 3.60. The Hall–Kier alpha value is -2.47. The molecular formula is C22H24N2O2S. The van der Waals surface area contributed by atoms with Gasteiger partial charge in [0.2, 0.25) is 0 Å². The van der Waals surface area contributed by atoms with E-state index in [1.54, 1.807) is 23.5 Å². The summed E-state index contributed by atoms with van der Waals surface area (Å²) in [5, 5.41) is 8.20. The first-order chi connectivity index (χ1) is 13.3. The van der Waals surface area contributed by atoms with Crippen molar-refractivity contribution in [2.45, 2.75) is 19.1 Å². The van der Waals surface area contributed by atoms with E-state index >= 15 is 0 Å². The van der Waals surface area contributed by atoms with Gasteiger partial charge in [0, 0.05) is 16.1 Å². The van der Waals surface area contributed by atoms with Crippen molar-refractivity contribution < 1.29 is 9.53 Å². The molecule has 1 amide bonds. The molecule has 0 saturated carbocycles.